The van der Waals surface area contributed by atoms with Crippen LogP contribution in [-0.2, 0) is 6.18 Å². The van der Waals surface area contributed by atoms with E-state index in [9.17, 15) is 13.2 Å². The first kappa shape index (κ1) is 14.4. The maximum absolute atomic E-state index is 12.6. The lowest BCUT2D eigenvalue weighted by atomic mass is 10.1. The number of halogens is 3. The number of benzene rings is 1. The zero-order valence-electron chi connectivity index (χ0n) is 10.2. The molecule has 1 aromatic rings. The second kappa shape index (κ2) is 6.31. The molecule has 0 radical (unpaired) electrons. The van der Waals surface area contributed by atoms with Gasteiger partial charge >= 0.3 is 6.18 Å². The van der Waals surface area contributed by atoms with Crippen molar-refractivity contribution in [1.82, 2.24) is 5.32 Å². The van der Waals surface area contributed by atoms with Crippen LogP contribution in [0.15, 0.2) is 18.2 Å². The molecule has 18 heavy (non-hydrogen) atoms. The Labute approximate surface area is 104 Å². The largest absolute Gasteiger partial charge is 0.496 e. The fourth-order valence-corrected chi connectivity index (χ4v) is 1.36. The third kappa shape index (κ3) is 3.97. The van der Waals surface area contributed by atoms with Gasteiger partial charge in [-0.2, -0.15) is 13.2 Å². The van der Waals surface area contributed by atoms with Gasteiger partial charge in [0.15, 0.2) is 0 Å². The molecule has 0 aliphatic heterocycles. The van der Waals surface area contributed by atoms with Gasteiger partial charge < -0.3 is 10.1 Å². The van der Waals surface area contributed by atoms with E-state index in [0.29, 0.717) is 12.0 Å². The number of alkyl halides is 3. The predicted octanol–water partition coefficient (Wildman–Crippen LogP) is 2.68. The van der Waals surface area contributed by atoms with Gasteiger partial charge in [-0.15, -0.1) is 0 Å². The third-order valence-corrected chi connectivity index (χ3v) is 2.24. The first-order chi connectivity index (χ1) is 8.49. The van der Waals surface area contributed by atoms with Crippen molar-refractivity contribution in [2.45, 2.75) is 12.6 Å². The second-order valence-electron chi connectivity index (χ2n) is 3.57. The highest BCUT2D eigenvalue weighted by atomic mass is 19.4. The molecule has 98 valence electrons. The molecule has 5 heteroatoms. The Morgan fingerprint density at radius 2 is 2.06 bits per heavy atom. The summed E-state index contributed by atoms with van der Waals surface area (Å²) >= 11 is 0. The van der Waals surface area contributed by atoms with Gasteiger partial charge in [-0.3, -0.25) is 0 Å². The van der Waals surface area contributed by atoms with E-state index >= 15 is 0 Å². The molecule has 0 aliphatic rings. The van der Waals surface area contributed by atoms with Gasteiger partial charge in [0, 0.05) is 18.5 Å². The van der Waals surface area contributed by atoms with Crippen LogP contribution in [-0.4, -0.2) is 20.7 Å². The van der Waals surface area contributed by atoms with E-state index in [2.05, 4.69) is 17.2 Å². The van der Waals surface area contributed by atoms with Crippen LogP contribution in [0, 0.1) is 11.8 Å². The molecule has 1 aromatic carbocycles. The molecule has 1 rings (SSSR count). The molecule has 0 heterocycles. The van der Waals surface area contributed by atoms with E-state index in [1.807, 2.05) is 7.05 Å². The highest BCUT2D eigenvalue weighted by molar-refractivity contribution is 5.45. The van der Waals surface area contributed by atoms with Crippen LogP contribution in [0.1, 0.15) is 17.5 Å². The number of rotatable bonds is 3. The van der Waals surface area contributed by atoms with Crippen molar-refractivity contribution in [3.05, 3.63) is 29.3 Å². The molecule has 0 atom stereocenters. The van der Waals surface area contributed by atoms with Gasteiger partial charge in [-0.05, 0) is 25.2 Å². The first-order valence-corrected chi connectivity index (χ1v) is 5.37. The van der Waals surface area contributed by atoms with E-state index < -0.39 is 11.7 Å². The highest BCUT2D eigenvalue weighted by Gasteiger charge is 2.34. The summed E-state index contributed by atoms with van der Waals surface area (Å²) in [4.78, 5) is 0. The molecular formula is C13H14F3NO. The third-order valence-electron chi connectivity index (χ3n) is 2.24. The van der Waals surface area contributed by atoms with Crippen LogP contribution in [0.2, 0.25) is 0 Å². The topological polar surface area (TPSA) is 21.3 Å². The zero-order chi connectivity index (χ0) is 13.6. The summed E-state index contributed by atoms with van der Waals surface area (Å²) in [6, 6.07) is 3.63. The number of nitrogens with one attached hydrogen (secondary N) is 1. The minimum atomic E-state index is -4.41. The van der Waals surface area contributed by atoms with Gasteiger partial charge in [0.05, 0.1) is 12.7 Å². The maximum Gasteiger partial charge on any atom is 0.419 e. The van der Waals surface area contributed by atoms with Crippen molar-refractivity contribution in [1.29, 1.82) is 0 Å². The first-order valence-electron chi connectivity index (χ1n) is 5.37. The van der Waals surface area contributed by atoms with E-state index in [0.717, 1.165) is 12.6 Å². The van der Waals surface area contributed by atoms with E-state index in [1.54, 1.807) is 0 Å². The van der Waals surface area contributed by atoms with Crippen LogP contribution in [0.5, 0.6) is 5.75 Å². The van der Waals surface area contributed by atoms with Crippen molar-refractivity contribution < 1.29 is 17.9 Å². The zero-order valence-corrected chi connectivity index (χ0v) is 10.2. The minimum absolute atomic E-state index is 0.206. The minimum Gasteiger partial charge on any atom is -0.496 e. The Kier molecular flexibility index (Phi) is 5.05. The molecule has 0 unspecified atom stereocenters. The van der Waals surface area contributed by atoms with Gasteiger partial charge in [0.2, 0.25) is 0 Å². The van der Waals surface area contributed by atoms with E-state index in [4.69, 9.17) is 4.74 Å². The molecule has 2 nitrogen and oxygen atoms in total. The van der Waals surface area contributed by atoms with Gasteiger partial charge in [0.25, 0.3) is 0 Å². The summed E-state index contributed by atoms with van der Waals surface area (Å²) in [5, 5.41) is 2.93. The molecule has 0 amide bonds. The number of ether oxygens (including phenoxy) is 1. The molecule has 0 bridgehead atoms. The van der Waals surface area contributed by atoms with E-state index in [1.165, 1.54) is 19.2 Å². The van der Waals surface area contributed by atoms with Gasteiger partial charge in [0.1, 0.15) is 5.75 Å². The quantitative estimate of drug-likeness (QED) is 0.664. The van der Waals surface area contributed by atoms with Crippen LogP contribution >= 0.6 is 0 Å². The number of methoxy groups -OCH3 is 1. The summed E-state index contributed by atoms with van der Waals surface area (Å²) < 4.78 is 42.5. The number of hydrogen-bond donors (Lipinski definition) is 1. The van der Waals surface area contributed by atoms with Crippen molar-refractivity contribution >= 4 is 0 Å². The standard InChI is InChI=1S/C13H14F3NO/c1-17-8-4-3-5-10-6-7-11(13(14,15)16)12(9-10)18-2/h6-7,9,17H,4,8H2,1-2H3. The summed E-state index contributed by atoms with van der Waals surface area (Å²) in [7, 11) is 3.02. The monoisotopic (exact) mass is 257 g/mol. The summed E-state index contributed by atoms with van der Waals surface area (Å²) in [6.45, 7) is 0.741. The van der Waals surface area contributed by atoms with Gasteiger partial charge in [-0.25, -0.2) is 0 Å². The second-order valence-corrected chi connectivity index (χ2v) is 3.57. The molecule has 0 saturated carbocycles. The van der Waals surface area contributed by atoms with E-state index in [-0.39, 0.29) is 5.75 Å². The Hall–Kier alpha value is -1.67. The van der Waals surface area contributed by atoms with Crippen LogP contribution in [0.4, 0.5) is 13.2 Å². The molecule has 0 aliphatic carbocycles. The fraction of sp³-hybridized carbons (Fsp3) is 0.385. The lowest BCUT2D eigenvalue weighted by Gasteiger charge is -2.11. The molecule has 0 aromatic heterocycles. The predicted molar refractivity (Wildman–Crippen MR) is 63.4 cm³/mol. The SMILES string of the molecule is CNCCC#Cc1ccc(C(F)(F)F)c(OC)c1. The van der Waals surface area contributed by atoms with Gasteiger partial charge in [-0.1, -0.05) is 11.8 Å². The van der Waals surface area contributed by atoms with Crippen LogP contribution in [0.25, 0.3) is 0 Å². The van der Waals surface area contributed by atoms with Crippen LogP contribution < -0.4 is 10.1 Å². The Morgan fingerprint density at radius 3 is 2.61 bits per heavy atom. The fourth-order valence-electron chi connectivity index (χ4n) is 1.36. The average Bonchev–Trinajstić information content (AvgIpc) is 2.33. The molecule has 0 saturated heterocycles. The lowest BCUT2D eigenvalue weighted by Crippen LogP contribution is -2.07. The van der Waals surface area contributed by atoms with Crippen molar-refractivity contribution in [2.24, 2.45) is 0 Å². The molecule has 0 fully saturated rings. The molecule has 0 spiro atoms. The smallest absolute Gasteiger partial charge is 0.419 e. The lowest BCUT2D eigenvalue weighted by molar-refractivity contribution is -0.138. The normalized spacial score (nSPS) is 10.7. The Bertz CT molecular complexity index is 458. The van der Waals surface area contributed by atoms with Crippen LogP contribution in [0.3, 0.4) is 0 Å². The Morgan fingerprint density at radius 1 is 1.33 bits per heavy atom. The summed E-state index contributed by atoms with van der Waals surface area (Å²) in [5.74, 6) is 5.45. The summed E-state index contributed by atoms with van der Waals surface area (Å²) in [6.07, 6.45) is -3.77. The molecule has 1 N–H and O–H groups in total. The summed E-state index contributed by atoms with van der Waals surface area (Å²) in [5.41, 5.74) is -0.276. The molecular weight excluding hydrogens is 243 g/mol. The average molecular weight is 257 g/mol. The van der Waals surface area contributed by atoms with Crippen molar-refractivity contribution in [2.75, 3.05) is 20.7 Å². The van der Waals surface area contributed by atoms with Crippen molar-refractivity contribution in [3.63, 3.8) is 0 Å². The Balaban J connectivity index is 2.94. The van der Waals surface area contributed by atoms with Crippen molar-refractivity contribution in [3.8, 4) is 17.6 Å². The number of hydrogen-bond acceptors (Lipinski definition) is 2. The maximum atomic E-state index is 12.6. The highest BCUT2D eigenvalue weighted by Crippen LogP contribution is 2.36.